The topological polar surface area (TPSA) is 64.8 Å². The number of rotatable bonds is 1. The number of sulfone groups is 1. The molecule has 0 N–H and O–H groups in total. The van der Waals surface area contributed by atoms with Crippen molar-refractivity contribution in [2.24, 2.45) is 7.05 Å². The summed E-state index contributed by atoms with van der Waals surface area (Å²) in [5.41, 5.74) is 1.74. The third kappa shape index (κ3) is 1.90. The maximum atomic E-state index is 11.4. The van der Waals surface area contributed by atoms with Crippen LogP contribution in [0.15, 0.2) is 18.3 Å². The maximum Gasteiger partial charge on any atom is 0.159 e. The molecule has 6 heteroatoms. The molecule has 0 atom stereocenters. The summed E-state index contributed by atoms with van der Waals surface area (Å²) >= 11 is 0. The third-order valence-corrected chi connectivity index (χ3v) is 5.30. The van der Waals surface area contributed by atoms with E-state index in [1.807, 2.05) is 23.7 Å². The minimum Gasteiger partial charge on any atom is -0.316 e. The van der Waals surface area contributed by atoms with Crippen LogP contribution in [0.3, 0.4) is 0 Å². The second-order valence-corrected chi connectivity index (χ2v) is 7.10. The first-order chi connectivity index (χ1) is 8.57. The van der Waals surface area contributed by atoms with Crippen LogP contribution in [0.1, 0.15) is 24.6 Å². The number of imidazole rings is 1. The van der Waals surface area contributed by atoms with E-state index >= 15 is 0 Å². The lowest BCUT2D eigenvalue weighted by molar-refractivity contribution is 0.529. The fourth-order valence-electron chi connectivity index (χ4n) is 2.55. The molecule has 5 nitrogen and oxygen atoms in total. The summed E-state index contributed by atoms with van der Waals surface area (Å²) < 4.78 is 24.9. The first kappa shape index (κ1) is 11.6. The monoisotopic (exact) mass is 265 g/mol. The number of hydrogen-bond acceptors (Lipinski definition) is 4. The molecular weight excluding hydrogens is 250 g/mol. The van der Waals surface area contributed by atoms with Gasteiger partial charge in [0.25, 0.3) is 0 Å². The van der Waals surface area contributed by atoms with Gasteiger partial charge in [-0.15, -0.1) is 0 Å². The van der Waals surface area contributed by atoms with Crippen molar-refractivity contribution in [2.75, 3.05) is 11.5 Å². The Kier molecular flexibility index (Phi) is 2.62. The summed E-state index contributed by atoms with van der Waals surface area (Å²) in [4.78, 5) is 8.90. The molecule has 0 spiro atoms. The number of nitrogens with zero attached hydrogens (tertiary/aromatic N) is 3. The highest BCUT2D eigenvalue weighted by Gasteiger charge is 2.27. The molecule has 1 aliphatic heterocycles. The van der Waals surface area contributed by atoms with E-state index in [1.165, 1.54) is 0 Å². The van der Waals surface area contributed by atoms with E-state index in [1.54, 1.807) is 6.20 Å². The van der Waals surface area contributed by atoms with Crippen LogP contribution in [0.4, 0.5) is 0 Å². The number of aryl methyl sites for hydroxylation is 1. The Morgan fingerprint density at radius 1 is 1.33 bits per heavy atom. The molecule has 2 aromatic rings. The van der Waals surface area contributed by atoms with Gasteiger partial charge in [0.2, 0.25) is 0 Å². The smallest absolute Gasteiger partial charge is 0.159 e. The average molecular weight is 265 g/mol. The van der Waals surface area contributed by atoms with Crippen molar-refractivity contribution < 1.29 is 8.42 Å². The zero-order valence-corrected chi connectivity index (χ0v) is 11.0. The van der Waals surface area contributed by atoms with Crippen molar-refractivity contribution in [3.05, 3.63) is 24.2 Å². The number of fused-ring (bicyclic) bond motifs is 1. The molecule has 18 heavy (non-hydrogen) atoms. The SMILES string of the molecule is Cn1c(C2CCS(=O)(=O)CC2)nc2cccnc21. The average Bonchev–Trinajstić information content (AvgIpc) is 2.68. The van der Waals surface area contributed by atoms with E-state index in [4.69, 9.17) is 0 Å². The fraction of sp³-hybridized carbons (Fsp3) is 0.500. The Morgan fingerprint density at radius 3 is 2.72 bits per heavy atom. The lowest BCUT2D eigenvalue weighted by Gasteiger charge is -2.21. The summed E-state index contributed by atoms with van der Waals surface area (Å²) in [7, 11) is -0.874. The van der Waals surface area contributed by atoms with Crippen LogP contribution in [-0.4, -0.2) is 34.5 Å². The molecule has 3 rings (SSSR count). The van der Waals surface area contributed by atoms with Crippen LogP contribution in [-0.2, 0) is 16.9 Å². The van der Waals surface area contributed by atoms with Crippen LogP contribution >= 0.6 is 0 Å². The van der Waals surface area contributed by atoms with Gasteiger partial charge >= 0.3 is 0 Å². The maximum absolute atomic E-state index is 11.4. The predicted octanol–water partition coefficient (Wildman–Crippen LogP) is 1.26. The number of aromatic nitrogens is 3. The molecule has 0 aromatic carbocycles. The third-order valence-electron chi connectivity index (χ3n) is 3.58. The summed E-state index contributed by atoms with van der Waals surface area (Å²) in [5.74, 6) is 1.73. The molecule has 0 unspecified atom stereocenters. The van der Waals surface area contributed by atoms with Gasteiger partial charge in [0.15, 0.2) is 5.65 Å². The summed E-state index contributed by atoms with van der Waals surface area (Å²) in [6.07, 6.45) is 3.08. The molecule has 1 aliphatic rings. The van der Waals surface area contributed by atoms with Crippen LogP contribution in [0.25, 0.3) is 11.2 Å². The lowest BCUT2D eigenvalue weighted by Crippen LogP contribution is -2.23. The van der Waals surface area contributed by atoms with E-state index < -0.39 is 9.84 Å². The largest absolute Gasteiger partial charge is 0.316 e. The van der Waals surface area contributed by atoms with Crippen molar-refractivity contribution in [3.63, 3.8) is 0 Å². The second-order valence-electron chi connectivity index (χ2n) is 4.80. The van der Waals surface area contributed by atoms with Crippen molar-refractivity contribution >= 4 is 21.0 Å². The minimum absolute atomic E-state index is 0.229. The van der Waals surface area contributed by atoms with Gasteiger partial charge in [-0.2, -0.15) is 0 Å². The number of hydrogen-bond donors (Lipinski definition) is 0. The van der Waals surface area contributed by atoms with E-state index in [0.29, 0.717) is 12.8 Å². The summed E-state index contributed by atoms with van der Waals surface area (Å²) in [6.45, 7) is 0. The first-order valence-electron chi connectivity index (χ1n) is 6.04. The quantitative estimate of drug-likeness (QED) is 0.778. The number of pyridine rings is 1. The van der Waals surface area contributed by atoms with Crippen LogP contribution in [0.5, 0.6) is 0 Å². The highest BCUT2D eigenvalue weighted by Crippen LogP contribution is 2.29. The molecule has 0 aliphatic carbocycles. The Labute approximate surface area is 106 Å². The van der Waals surface area contributed by atoms with Crippen molar-refractivity contribution in [3.8, 4) is 0 Å². The Bertz CT molecular complexity index is 676. The van der Waals surface area contributed by atoms with E-state index in [9.17, 15) is 8.42 Å². The highest BCUT2D eigenvalue weighted by molar-refractivity contribution is 7.91. The normalized spacial score (nSPS) is 20.3. The van der Waals surface area contributed by atoms with Crippen LogP contribution < -0.4 is 0 Å². The second kappa shape index (κ2) is 4.05. The summed E-state index contributed by atoms with van der Waals surface area (Å²) in [5, 5.41) is 0. The highest BCUT2D eigenvalue weighted by atomic mass is 32.2. The van der Waals surface area contributed by atoms with Crippen LogP contribution in [0, 0.1) is 0 Å². The first-order valence-corrected chi connectivity index (χ1v) is 7.87. The molecule has 1 fully saturated rings. The molecule has 3 heterocycles. The lowest BCUT2D eigenvalue weighted by atomic mass is 10.0. The molecule has 96 valence electrons. The Hall–Kier alpha value is -1.43. The van der Waals surface area contributed by atoms with E-state index in [0.717, 1.165) is 17.0 Å². The standard InChI is InChI=1S/C12H15N3O2S/c1-15-11(9-4-7-18(16,17)8-5-9)14-10-3-2-6-13-12(10)15/h2-3,6,9H,4-5,7-8H2,1H3. The van der Waals surface area contributed by atoms with Crippen molar-refractivity contribution in [2.45, 2.75) is 18.8 Å². The molecule has 1 saturated heterocycles. The van der Waals surface area contributed by atoms with Crippen LogP contribution in [0.2, 0.25) is 0 Å². The summed E-state index contributed by atoms with van der Waals surface area (Å²) in [6, 6.07) is 3.80. The van der Waals surface area contributed by atoms with E-state index in [2.05, 4.69) is 9.97 Å². The molecule has 0 bridgehead atoms. The molecule has 0 amide bonds. The van der Waals surface area contributed by atoms with Gasteiger partial charge in [0.05, 0.1) is 11.5 Å². The van der Waals surface area contributed by atoms with E-state index in [-0.39, 0.29) is 17.4 Å². The Morgan fingerprint density at radius 2 is 2.06 bits per heavy atom. The van der Waals surface area contributed by atoms with Crippen molar-refractivity contribution in [1.29, 1.82) is 0 Å². The van der Waals surface area contributed by atoms with Gasteiger partial charge in [0.1, 0.15) is 21.2 Å². The molecule has 2 aromatic heterocycles. The Balaban J connectivity index is 1.98. The zero-order chi connectivity index (χ0) is 12.8. The molecule has 0 radical (unpaired) electrons. The van der Waals surface area contributed by atoms with Gasteiger partial charge in [-0.1, -0.05) is 0 Å². The zero-order valence-electron chi connectivity index (χ0n) is 10.2. The van der Waals surface area contributed by atoms with Gasteiger partial charge in [-0.3, -0.25) is 0 Å². The van der Waals surface area contributed by atoms with Gasteiger partial charge < -0.3 is 4.57 Å². The molecule has 0 saturated carbocycles. The predicted molar refractivity (Wildman–Crippen MR) is 69.1 cm³/mol. The molecular formula is C12H15N3O2S. The van der Waals surface area contributed by atoms with Gasteiger partial charge in [-0.05, 0) is 25.0 Å². The van der Waals surface area contributed by atoms with Crippen molar-refractivity contribution in [1.82, 2.24) is 14.5 Å². The minimum atomic E-state index is -2.82. The fourth-order valence-corrected chi connectivity index (χ4v) is 4.05. The van der Waals surface area contributed by atoms with Gasteiger partial charge in [-0.25, -0.2) is 18.4 Å². The van der Waals surface area contributed by atoms with Gasteiger partial charge in [0, 0.05) is 19.2 Å².